The summed E-state index contributed by atoms with van der Waals surface area (Å²) in [5.74, 6) is -0.261. The number of rotatable bonds is 4. The van der Waals surface area contributed by atoms with Crippen molar-refractivity contribution in [3.05, 3.63) is 16.1 Å². The highest BCUT2D eigenvalue weighted by molar-refractivity contribution is 7.09. The Bertz CT molecular complexity index is 393. The number of primary amides is 1. The number of amides is 1. The molecule has 6 heteroatoms. The molecule has 17 heavy (non-hydrogen) atoms. The molecule has 1 aromatic heterocycles. The highest BCUT2D eigenvalue weighted by Crippen LogP contribution is 2.14. The third-order valence-corrected chi connectivity index (χ3v) is 3.99. The van der Waals surface area contributed by atoms with E-state index in [0.29, 0.717) is 13.1 Å². The minimum Gasteiger partial charge on any atom is -0.368 e. The van der Waals surface area contributed by atoms with Crippen molar-refractivity contribution < 1.29 is 4.79 Å². The second-order valence-corrected chi connectivity index (χ2v) is 5.12. The van der Waals surface area contributed by atoms with Gasteiger partial charge in [0.2, 0.25) is 5.91 Å². The first-order valence-corrected chi connectivity index (χ1v) is 6.76. The van der Waals surface area contributed by atoms with Crippen molar-refractivity contribution in [2.45, 2.75) is 25.9 Å². The van der Waals surface area contributed by atoms with Crippen LogP contribution in [0.3, 0.4) is 0 Å². The molecule has 1 amide bonds. The van der Waals surface area contributed by atoms with E-state index in [9.17, 15) is 4.79 Å². The zero-order chi connectivity index (χ0) is 12.3. The standard InChI is InChI=1S/C11H18N4OS/c1-2-10-14-8(7-17-10)6-15-4-3-13-5-9(15)11(12)16/h7,9,13H,2-6H2,1H3,(H2,12,16). The molecule has 0 aliphatic carbocycles. The van der Waals surface area contributed by atoms with Gasteiger partial charge in [-0.1, -0.05) is 6.92 Å². The fourth-order valence-corrected chi connectivity index (χ4v) is 2.74. The normalized spacial score (nSPS) is 21.6. The Balaban J connectivity index is 2.02. The Hall–Kier alpha value is -0.980. The summed E-state index contributed by atoms with van der Waals surface area (Å²) in [6.07, 6.45) is 0.964. The van der Waals surface area contributed by atoms with Crippen molar-refractivity contribution in [1.29, 1.82) is 0 Å². The van der Waals surface area contributed by atoms with Crippen LogP contribution in [0.1, 0.15) is 17.6 Å². The van der Waals surface area contributed by atoms with E-state index < -0.39 is 0 Å². The molecular formula is C11H18N4OS. The highest BCUT2D eigenvalue weighted by Gasteiger charge is 2.27. The van der Waals surface area contributed by atoms with Crippen LogP contribution in [-0.2, 0) is 17.8 Å². The van der Waals surface area contributed by atoms with Crippen molar-refractivity contribution in [2.24, 2.45) is 5.73 Å². The van der Waals surface area contributed by atoms with Gasteiger partial charge in [-0.2, -0.15) is 0 Å². The summed E-state index contributed by atoms with van der Waals surface area (Å²) < 4.78 is 0. The molecule has 1 atom stereocenters. The fourth-order valence-electron chi connectivity index (χ4n) is 2.01. The molecule has 0 aromatic carbocycles. The Kier molecular flexibility index (Phi) is 4.09. The molecule has 1 fully saturated rings. The number of aromatic nitrogens is 1. The molecule has 1 saturated heterocycles. The van der Waals surface area contributed by atoms with Crippen LogP contribution in [0.15, 0.2) is 5.38 Å². The van der Waals surface area contributed by atoms with Crippen LogP contribution in [0.25, 0.3) is 0 Å². The van der Waals surface area contributed by atoms with Gasteiger partial charge in [-0.25, -0.2) is 4.98 Å². The monoisotopic (exact) mass is 254 g/mol. The summed E-state index contributed by atoms with van der Waals surface area (Å²) in [4.78, 5) is 18.0. The average Bonchev–Trinajstić information content (AvgIpc) is 2.77. The molecule has 1 aromatic rings. The molecule has 0 spiro atoms. The smallest absolute Gasteiger partial charge is 0.236 e. The summed E-state index contributed by atoms with van der Waals surface area (Å²) in [6.45, 7) is 5.19. The molecule has 2 heterocycles. The molecule has 94 valence electrons. The summed E-state index contributed by atoms with van der Waals surface area (Å²) in [5.41, 5.74) is 6.45. The molecule has 1 aliphatic heterocycles. The van der Waals surface area contributed by atoms with E-state index in [2.05, 4.69) is 27.5 Å². The number of hydrogen-bond donors (Lipinski definition) is 2. The topological polar surface area (TPSA) is 71.2 Å². The SMILES string of the molecule is CCc1nc(CN2CCNCC2C(N)=O)cs1. The Morgan fingerprint density at radius 2 is 2.59 bits per heavy atom. The average molecular weight is 254 g/mol. The quantitative estimate of drug-likeness (QED) is 0.791. The van der Waals surface area contributed by atoms with Gasteiger partial charge in [0.1, 0.15) is 6.04 Å². The summed E-state index contributed by atoms with van der Waals surface area (Å²) in [7, 11) is 0. The van der Waals surface area contributed by atoms with E-state index in [0.717, 1.165) is 30.2 Å². The summed E-state index contributed by atoms with van der Waals surface area (Å²) in [6, 6.07) is -0.212. The van der Waals surface area contributed by atoms with Gasteiger partial charge in [0.05, 0.1) is 10.7 Å². The number of thiazole rings is 1. The van der Waals surface area contributed by atoms with Gasteiger partial charge in [0, 0.05) is 31.6 Å². The minimum atomic E-state index is -0.261. The minimum absolute atomic E-state index is 0.212. The number of nitrogens with two attached hydrogens (primary N) is 1. The lowest BCUT2D eigenvalue weighted by Crippen LogP contribution is -2.56. The van der Waals surface area contributed by atoms with Gasteiger partial charge in [0.25, 0.3) is 0 Å². The number of piperazine rings is 1. The van der Waals surface area contributed by atoms with Gasteiger partial charge in [-0.3, -0.25) is 9.69 Å². The van der Waals surface area contributed by atoms with Crippen molar-refractivity contribution in [3.63, 3.8) is 0 Å². The predicted octanol–water partition coefficient (Wildman–Crippen LogP) is -0.0354. The van der Waals surface area contributed by atoms with Crippen LogP contribution in [0.5, 0.6) is 0 Å². The molecule has 2 rings (SSSR count). The fraction of sp³-hybridized carbons (Fsp3) is 0.636. The first-order chi connectivity index (χ1) is 8.20. The molecule has 1 unspecified atom stereocenters. The molecule has 0 radical (unpaired) electrons. The zero-order valence-electron chi connectivity index (χ0n) is 9.98. The van der Waals surface area contributed by atoms with E-state index in [4.69, 9.17) is 5.73 Å². The third-order valence-electron chi connectivity index (χ3n) is 2.95. The predicted molar refractivity (Wildman–Crippen MR) is 67.8 cm³/mol. The second kappa shape index (κ2) is 5.57. The van der Waals surface area contributed by atoms with Crippen molar-refractivity contribution in [3.8, 4) is 0 Å². The second-order valence-electron chi connectivity index (χ2n) is 4.18. The largest absolute Gasteiger partial charge is 0.368 e. The van der Waals surface area contributed by atoms with Gasteiger partial charge >= 0.3 is 0 Å². The van der Waals surface area contributed by atoms with Crippen LogP contribution < -0.4 is 11.1 Å². The first-order valence-electron chi connectivity index (χ1n) is 5.88. The molecule has 5 nitrogen and oxygen atoms in total. The first kappa shape index (κ1) is 12.5. The van der Waals surface area contributed by atoms with Gasteiger partial charge in [-0.15, -0.1) is 11.3 Å². The number of nitrogens with one attached hydrogen (secondary N) is 1. The molecule has 1 aliphatic rings. The number of hydrogen-bond acceptors (Lipinski definition) is 5. The van der Waals surface area contributed by atoms with E-state index in [1.807, 2.05) is 0 Å². The number of carbonyl (C=O) groups is 1. The Morgan fingerprint density at radius 1 is 1.76 bits per heavy atom. The molecule has 3 N–H and O–H groups in total. The lowest BCUT2D eigenvalue weighted by atomic mass is 10.1. The van der Waals surface area contributed by atoms with E-state index in [1.165, 1.54) is 0 Å². The molecular weight excluding hydrogens is 236 g/mol. The van der Waals surface area contributed by atoms with Crippen LogP contribution in [0.2, 0.25) is 0 Å². The van der Waals surface area contributed by atoms with Crippen molar-refractivity contribution >= 4 is 17.2 Å². The maximum absolute atomic E-state index is 11.3. The Morgan fingerprint density at radius 3 is 3.24 bits per heavy atom. The van der Waals surface area contributed by atoms with Gasteiger partial charge < -0.3 is 11.1 Å². The van der Waals surface area contributed by atoms with Crippen LogP contribution in [0, 0.1) is 0 Å². The van der Waals surface area contributed by atoms with Crippen LogP contribution in [0.4, 0.5) is 0 Å². The van der Waals surface area contributed by atoms with E-state index in [-0.39, 0.29) is 11.9 Å². The van der Waals surface area contributed by atoms with Gasteiger partial charge in [0.15, 0.2) is 0 Å². The summed E-state index contributed by atoms with van der Waals surface area (Å²) in [5, 5.41) is 6.40. The number of carbonyl (C=O) groups excluding carboxylic acids is 1. The van der Waals surface area contributed by atoms with E-state index >= 15 is 0 Å². The van der Waals surface area contributed by atoms with Gasteiger partial charge in [-0.05, 0) is 6.42 Å². The lowest BCUT2D eigenvalue weighted by molar-refractivity contribution is -0.124. The maximum Gasteiger partial charge on any atom is 0.236 e. The van der Waals surface area contributed by atoms with Crippen LogP contribution >= 0.6 is 11.3 Å². The maximum atomic E-state index is 11.3. The number of aryl methyl sites for hydroxylation is 1. The number of nitrogens with zero attached hydrogens (tertiary/aromatic N) is 2. The van der Waals surface area contributed by atoms with Crippen LogP contribution in [-0.4, -0.2) is 41.5 Å². The molecule has 0 saturated carbocycles. The molecule has 0 bridgehead atoms. The van der Waals surface area contributed by atoms with Crippen molar-refractivity contribution in [2.75, 3.05) is 19.6 Å². The summed E-state index contributed by atoms with van der Waals surface area (Å²) >= 11 is 1.68. The zero-order valence-corrected chi connectivity index (χ0v) is 10.8. The highest BCUT2D eigenvalue weighted by atomic mass is 32.1. The van der Waals surface area contributed by atoms with Crippen molar-refractivity contribution in [1.82, 2.24) is 15.2 Å². The third kappa shape index (κ3) is 3.02. The lowest BCUT2D eigenvalue weighted by Gasteiger charge is -2.33. The Labute approximate surface area is 105 Å². The van der Waals surface area contributed by atoms with E-state index in [1.54, 1.807) is 11.3 Å².